The first kappa shape index (κ1) is 22.7. The lowest BCUT2D eigenvalue weighted by molar-refractivity contribution is -0.137. The smallest absolute Gasteiger partial charge is 0.345 e. The number of amides is 1. The van der Waals surface area contributed by atoms with Crippen LogP contribution in [0.15, 0.2) is 66.9 Å². The molecule has 164 valence electrons. The van der Waals surface area contributed by atoms with Gasteiger partial charge < -0.3 is 9.47 Å². The van der Waals surface area contributed by atoms with Crippen molar-refractivity contribution in [2.75, 3.05) is 6.54 Å². The maximum absolute atomic E-state index is 13.1. The average Bonchev–Trinajstić information content (AvgIpc) is 3.18. The Labute approximate surface area is 181 Å². The Morgan fingerprint density at radius 2 is 1.81 bits per heavy atom. The van der Waals surface area contributed by atoms with Gasteiger partial charge in [-0.1, -0.05) is 43.7 Å². The van der Waals surface area contributed by atoms with Gasteiger partial charge in [0, 0.05) is 30.5 Å². The number of carbonyl (C=O) groups is 1. The third kappa shape index (κ3) is 5.78. The molecule has 0 saturated carbocycles. The molecule has 0 bridgehead atoms. The van der Waals surface area contributed by atoms with Crippen molar-refractivity contribution >= 4 is 5.91 Å². The standard InChI is InChI=1S/C25H27F3N2O/c1-3-4-14-30(24(31)20-11-7-12-22(16-20)25(26,27)28)18-23-13-8-15-29(23)17-21-10-6-5-9-19(21)2/h5-13,15-16H,3-4,14,17-18H2,1-2H3. The van der Waals surface area contributed by atoms with Gasteiger partial charge in [0.25, 0.3) is 5.91 Å². The number of hydrogen-bond acceptors (Lipinski definition) is 1. The number of nitrogens with zero attached hydrogens (tertiary/aromatic N) is 2. The molecule has 3 rings (SSSR count). The minimum atomic E-state index is -4.48. The predicted molar refractivity (Wildman–Crippen MR) is 116 cm³/mol. The summed E-state index contributed by atoms with van der Waals surface area (Å²) in [5, 5.41) is 0. The van der Waals surface area contributed by atoms with Gasteiger partial charge in [0.15, 0.2) is 0 Å². The summed E-state index contributed by atoms with van der Waals surface area (Å²) < 4.78 is 41.4. The van der Waals surface area contributed by atoms with Crippen LogP contribution in [0.3, 0.4) is 0 Å². The zero-order valence-electron chi connectivity index (χ0n) is 17.8. The molecular formula is C25H27F3N2O. The van der Waals surface area contributed by atoms with Crippen LogP contribution in [0, 0.1) is 6.92 Å². The molecule has 3 nitrogen and oxygen atoms in total. The number of rotatable bonds is 8. The minimum absolute atomic E-state index is 0.0583. The van der Waals surface area contributed by atoms with Crippen LogP contribution in [0.25, 0.3) is 0 Å². The van der Waals surface area contributed by atoms with Gasteiger partial charge in [-0.2, -0.15) is 13.2 Å². The van der Waals surface area contributed by atoms with Gasteiger partial charge in [-0.05, 0) is 54.8 Å². The molecule has 0 aliphatic rings. The van der Waals surface area contributed by atoms with Crippen molar-refractivity contribution < 1.29 is 18.0 Å². The highest BCUT2D eigenvalue weighted by Gasteiger charge is 2.31. The van der Waals surface area contributed by atoms with Crippen molar-refractivity contribution in [2.24, 2.45) is 0 Å². The van der Waals surface area contributed by atoms with Crippen LogP contribution in [-0.2, 0) is 19.3 Å². The first-order chi connectivity index (χ1) is 14.8. The summed E-state index contributed by atoms with van der Waals surface area (Å²) in [6.45, 7) is 5.58. The largest absolute Gasteiger partial charge is 0.416 e. The zero-order chi connectivity index (χ0) is 22.4. The van der Waals surface area contributed by atoms with Crippen LogP contribution in [0.2, 0.25) is 0 Å². The third-order valence-corrected chi connectivity index (χ3v) is 5.38. The van der Waals surface area contributed by atoms with E-state index in [0.29, 0.717) is 19.6 Å². The molecule has 0 aliphatic heterocycles. The van der Waals surface area contributed by atoms with Gasteiger partial charge in [-0.15, -0.1) is 0 Å². The maximum Gasteiger partial charge on any atom is 0.416 e. The van der Waals surface area contributed by atoms with Crippen LogP contribution >= 0.6 is 0 Å². The van der Waals surface area contributed by atoms with E-state index in [2.05, 4.69) is 23.6 Å². The van der Waals surface area contributed by atoms with E-state index in [0.717, 1.165) is 30.7 Å². The summed E-state index contributed by atoms with van der Waals surface area (Å²) in [4.78, 5) is 14.8. The molecule has 1 amide bonds. The maximum atomic E-state index is 13.1. The van der Waals surface area contributed by atoms with Crippen molar-refractivity contribution in [1.82, 2.24) is 9.47 Å². The summed E-state index contributed by atoms with van der Waals surface area (Å²) in [5.41, 5.74) is 2.56. The van der Waals surface area contributed by atoms with E-state index in [4.69, 9.17) is 0 Å². The molecule has 0 radical (unpaired) electrons. The number of benzene rings is 2. The summed E-state index contributed by atoms with van der Waals surface area (Å²) >= 11 is 0. The fraction of sp³-hybridized carbons (Fsp3) is 0.320. The molecule has 0 unspecified atom stereocenters. The molecule has 6 heteroatoms. The first-order valence-electron chi connectivity index (χ1n) is 10.4. The highest BCUT2D eigenvalue weighted by atomic mass is 19.4. The normalized spacial score (nSPS) is 11.5. The van der Waals surface area contributed by atoms with E-state index in [-0.39, 0.29) is 11.5 Å². The monoisotopic (exact) mass is 428 g/mol. The lowest BCUT2D eigenvalue weighted by Crippen LogP contribution is -2.32. The summed E-state index contributed by atoms with van der Waals surface area (Å²) in [6.07, 6.45) is -0.846. The predicted octanol–water partition coefficient (Wildman–Crippen LogP) is 6.31. The van der Waals surface area contributed by atoms with E-state index >= 15 is 0 Å². The molecule has 0 saturated heterocycles. The van der Waals surface area contributed by atoms with Crippen molar-refractivity contribution in [1.29, 1.82) is 0 Å². The Morgan fingerprint density at radius 1 is 1.03 bits per heavy atom. The van der Waals surface area contributed by atoms with Gasteiger partial charge in [-0.3, -0.25) is 4.79 Å². The Hall–Kier alpha value is -3.02. The van der Waals surface area contributed by atoms with Crippen LogP contribution in [0.4, 0.5) is 13.2 Å². The van der Waals surface area contributed by atoms with Crippen molar-refractivity contribution in [3.05, 3.63) is 94.8 Å². The fourth-order valence-electron chi connectivity index (χ4n) is 3.53. The molecule has 0 fully saturated rings. The Balaban J connectivity index is 1.84. The Morgan fingerprint density at radius 3 is 2.52 bits per heavy atom. The molecule has 1 heterocycles. The van der Waals surface area contributed by atoms with Crippen LogP contribution < -0.4 is 0 Å². The zero-order valence-corrected chi connectivity index (χ0v) is 17.8. The minimum Gasteiger partial charge on any atom is -0.345 e. The van der Waals surface area contributed by atoms with Gasteiger partial charge in [0.2, 0.25) is 0 Å². The summed E-state index contributed by atoms with van der Waals surface area (Å²) in [6, 6.07) is 16.7. The molecule has 1 aromatic heterocycles. The summed E-state index contributed by atoms with van der Waals surface area (Å²) in [7, 11) is 0. The number of unbranched alkanes of at least 4 members (excludes halogenated alkanes) is 1. The fourth-order valence-corrected chi connectivity index (χ4v) is 3.53. The lowest BCUT2D eigenvalue weighted by atomic mass is 10.1. The first-order valence-corrected chi connectivity index (χ1v) is 10.4. The second-order valence-corrected chi connectivity index (χ2v) is 7.71. The number of halogens is 3. The van der Waals surface area contributed by atoms with Crippen LogP contribution in [0.1, 0.15) is 52.5 Å². The highest BCUT2D eigenvalue weighted by Crippen LogP contribution is 2.30. The Kier molecular flexibility index (Phi) is 7.21. The average molecular weight is 428 g/mol. The van der Waals surface area contributed by atoms with E-state index in [1.807, 2.05) is 37.4 Å². The molecule has 0 spiro atoms. The molecule has 3 aromatic rings. The van der Waals surface area contributed by atoms with E-state index in [1.54, 1.807) is 4.90 Å². The lowest BCUT2D eigenvalue weighted by Gasteiger charge is -2.24. The molecule has 0 aliphatic carbocycles. The van der Waals surface area contributed by atoms with Gasteiger partial charge in [0.05, 0.1) is 12.1 Å². The molecule has 0 atom stereocenters. The van der Waals surface area contributed by atoms with Gasteiger partial charge >= 0.3 is 6.18 Å². The van der Waals surface area contributed by atoms with Crippen molar-refractivity contribution in [2.45, 2.75) is 46.0 Å². The van der Waals surface area contributed by atoms with Crippen molar-refractivity contribution in [3.8, 4) is 0 Å². The third-order valence-electron chi connectivity index (χ3n) is 5.38. The number of hydrogen-bond donors (Lipinski definition) is 0. The topological polar surface area (TPSA) is 25.2 Å². The number of alkyl halides is 3. The number of aromatic nitrogens is 1. The Bertz CT molecular complexity index is 1020. The van der Waals surface area contributed by atoms with E-state index < -0.39 is 11.7 Å². The van der Waals surface area contributed by atoms with Gasteiger partial charge in [0.1, 0.15) is 0 Å². The van der Waals surface area contributed by atoms with Crippen LogP contribution in [-0.4, -0.2) is 21.9 Å². The number of aryl methyl sites for hydroxylation is 1. The van der Waals surface area contributed by atoms with E-state index in [9.17, 15) is 18.0 Å². The van der Waals surface area contributed by atoms with Gasteiger partial charge in [-0.25, -0.2) is 0 Å². The molecule has 2 aromatic carbocycles. The quantitative estimate of drug-likeness (QED) is 0.413. The van der Waals surface area contributed by atoms with Crippen molar-refractivity contribution in [3.63, 3.8) is 0 Å². The number of carbonyl (C=O) groups excluding carboxylic acids is 1. The summed E-state index contributed by atoms with van der Waals surface area (Å²) in [5.74, 6) is -0.386. The second kappa shape index (κ2) is 9.86. The molecular weight excluding hydrogens is 401 g/mol. The van der Waals surface area contributed by atoms with Crippen LogP contribution in [0.5, 0.6) is 0 Å². The second-order valence-electron chi connectivity index (χ2n) is 7.71. The SMILES string of the molecule is CCCCN(Cc1cccn1Cc1ccccc1C)C(=O)c1cccc(C(F)(F)F)c1. The molecule has 31 heavy (non-hydrogen) atoms. The molecule has 0 N–H and O–H groups in total. The van der Waals surface area contributed by atoms with E-state index in [1.165, 1.54) is 23.3 Å². The highest BCUT2D eigenvalue weighted by molar-refractivity contribution is 5.94.